The second-order valence-corrected chi connectivity index (χ2v) is 21.5. The monoisotopic (exact) mass is 987 g/mol. The van der Waals surface area contributed by atoms with Crippen molar-refractivity contribution in [2.45, 2.75) is 0 Å². The van der Waals surface area contributed by atoms with Crippen molar-refractivity contribution in [2.75, 3.05) is 9.80 Å². The lowest BCUT2D eigenvalue weighted by Gasteiger charge is -2.49. The Morgan fingerprint density at radius 2 is 0.756 bits per heavy atom. The van der Waals surface area contributed by atoms with Crippen molar-refractivity contribution >= 4 is 124 Å². The fourth-order valence-corrected chi connectivity index (χ4v) is 14.3. The van der Waals surface area contributed by atoms with E-state index < -0.39 is 0 Å². The summed E-state index contributed by atoms with van der Waals surface area (Å²) in [5.74, 6) is 0. The van der Waals surface area contributed by atoms with Gasteiger partial charge in [-0.25, -0.2) is 0 Å². The third-order valence-electron chi connectivity index (χ3n) is 17.5. The lowest BCUT2D eigenvalue weighted by atomic mass is 9.29. The summed E-state index contributed by atoms with van der Waals surface area (Å²) >= 11 is 0. The van der Waals surface area contributed by atoms with Crippen LogP contribution in [-0.2, 0) is 0 Å². The molecule has 12 aromatic carbocycles. The molecule has 6 heteroatoms. The molecule has 0 fully saturated rings. The molecule has 14 aromatic rings. The van der Waals surface area contributed by atoms with Gasteiger partial charge in [-0.3, -0.25) is 0 Å². The van der Waals surface area contributed by atoms with Gasteiger partial charge in [0.2, 0.25) is 0 Å². The molecule has 4 aliphatic rings. The molecule has 18 rings (SSSR count). The van der Waals surface area contributed by atoms with Crippen LogP contribution in [0.4, 0.5) is 34.1 Å². The maximum atomic E-state index is 7.03. The molecule has 0 amide bonds. The van der Waals surface area contributed by atoms with E-state index in [4.69, 9.17) is 4.42 Å². The first-order valence-corrected chi connectivity index (χ1v) is 27.1. The van der Waals surface area contributed by atoms with Crippen LogP contribution in [0.1, 0.15) is 0 Å². The van der Waals surface area contributed by atoms with E-state index in [1.165, 1.54) is 133 Å². The third-order valence-corrected chi connectivity index (χ3v) is 17.5. The summed E-state index contributed by atoms with van der Waals surface area (Å²) in [6, 6.07) is 97.2. The van der Waals surface area contributed by atoms with E-state index >= 15 is 0 Å². The van der Waals surface area contributed by atoms with E-state index in [1.54, 1.807) is 0 Å². The lowest BCUT2D eigenvalue weighted by Crippen LogP contribution is -2.68. The van der Waals surface area contributed by atoms with Crippen molar-refractivity contribution in [3.63, 3.8) is 0 Å². The molecule has 0 N–H and O–H groups in total. The smallest absolute Gasteiger partial charge is 0.252 e. The van der Waals surface area contributed by atoms with Gasteiger partial charge in [-0.15, -0.1) is 0 Å². The van der Waals surface area contributed by atoms with Gasteiger partial charge < -0.3 is 18.8 Å². The standard InChI is InChI=1S/C72H43B2N3O/c1-5-17-44(18-6-1)48-29-34-52(35-30-48)75-61-36-31-49(45-19-7-2-8-20-45)39-56(61)73-57-40-50(46-21-9-3-10-22-46)32-37-62(57)77-63-38-33-51(47-23-11-4-12-24-47)41-58(63)74-59-42-55-53-25-14-16-28-66(53)78-72(55)67-54-26-13-15-27-60(54)76(70(59)67)65-43-64(75)68(73)71(77)69(65)74/h1-43H. The Morgan fingerprint density at radius 3 is 1.33 bits per heavy atom. The Hall–Kier alpha value is -10.0. The van der Waals surface area contributed by atoms with Gasteiger partial charge in [0.15, 0.2) is 0 Å². The summed E-state index contributed by atoms with van der Waals surface area (Å²) in [6.07, 6.45) is 0. The normalized spacial score (nSPS) is 13.3. The van der Waals surface area contributed by atoms with Gasteiger partial charge >= 0.3 is 0 Å². The van der Waals surface area contributed by atoms with Gasteiger partial charge in [-0.05, 0) is 126 Å². The molecule has 0 spiro atoms. The summed E-state index contributed by atoms with van der Waals surface area (Å²) in [5.41, 5.74) is 30.0. The van der Waals surface area contributed by atoms with Crippen LogP contribution in [0.15, 0.2) is 265 Å². The van der Waals surface area contributed by atoms with Crippen LogP contribution < -0.4 is 42.6 Å². The predicted molar refractivity (Wildman–Crippen MR) is 328 cm³/mol. The van der Waals surface area contributed by atoms with E-state index in [-0.39, 0.29) is 13.4 Å². The molecule has 358 valence electrons. The molecular formula is C72H43B2N3O. The first-order chi connectivity index (χ1) is 38.7. The zero-order valence-corrected chi connectivity index (χ0v) is 42.2. The molecule has 4 nitrogen and oxygen atoms in total. The largest absolute Gasteiger partial charge is 0.455 e. The summed E-state index contributed by atoms with van der Waals surface area (Å²) in [6.45, 7) is -0.225. The van der Waals surface area contributed by atoms with E-state index in [9.17, 15) is 0 Å². The van der Waals surface area contributed by atoms with E-state index in [0.29, 0.717) is 0 Å². The van der Waals surface area contributed by atoms with Crippen LogP contribution in [-0.4, -0.2) is 18.0 Å². The second-order valence-electron chi connectivity index (χ2n) is 21.5. The summed E-state index contributed by atoms with van der Waals surface area (Å²) in [4.78, 5) is 5.25. The molecule has 0 saturated carbocycles. The number of para-hydroxylation sites is 2. The predicted octanol–water partition coefficient (Wildman–Crippen LogP) is 14.6. The van der Waals surface area contributed by atoms with Gasteiger partial charge in [0.25, 0.3) is 13.4 Å². The fourth-order valence-electron chi connectivity index (χ4n) is 14.3. The molecule has 0 atom stereocenters. The Balaban J connectivity index is 1.02. The first kappa shape index (κ1) is 42.2. The highest BCUT2D eigenvalue weighted by atomic mass is 16.3. The zero-order chi connectivity index (χ0) is 50.7. The van der Waals surface area contributed by atoms with Gasteiger partial charge in [0, 0.05) is 56.0 Å². The minimum Gasteiger partial charge on any atom is -0.455 e. The maximum absolute atomic E-state index is 7.03. The van der Waals surface area contributed by atoms with Gasteiger partial charge in [-0.2, -0.15) is 0 Å². The summed E-state index contributed by atoms with van der Waals surface area (Å²) in [5, 5.41) is 4.64. The van der Waals surface area contributed by atoms with Gasteiger partial charge in [0.05, 0.1) is 16.4 Å². The van der Waals surface area contributed by atoms with Crippen molar-refractivity contribution in [2.24, 2.45) is 0 Å². The topological polar surface area (TPSA) is 24.6 Å². The number of fused-ring (bicyclic) bond motifs is 17. The number of furan rings is 1. The Bertz CT molecular complexity index is 4810. The maximum Gasteiger partial charge on any atom is 0.252 e. The van der Waals surface area contributed by atoms with E-state index in [0.717, 1.165) is 27.6 Å². The number of hydrogen-bond donors (Lipinski definition) is 0. The molecule has 0 bridgehead atoms. The van der Waals surface area contributed by atoms with Crippen molar-refractivity contribution in [1.82, 2.24) is 4.57 Å². The highest BCUT2D eigenvalue weighted by Crippen LogP contribution is 2.50. The molecule has 0 unspecified atom stereocenters. The summed E-state index contributed by atoms with van der Waals surface area (Å²) < 4.78 is 9.63. The molecule has 0 aliphatic carbocycles. The quantitative estimate of drug-likeness (QED) is 0.161. The number of rotatable bonds is 5. The minimum atomic E-state index is -0.117. The van der Waals surface area contributed by atoms with E-state index in [2.05, 4.69) is 275 Å². The summed E-state index contributed by atoms with van der Waals surface area (Å²) in [7, 11) is 0. The highest BCUT2D eigenvalue weighted by molar-refractivity contribution is 7.05. The average molecular weight is 988 g/mol. The van der Waals surface area contributed by atoms with Crippen molar-refractivity contribution in [1.29, 1.82) is 0 Å². The fraction of sp³-hybridized carbons (Fsp3) is 0. The number of nitrogens with zero attached hydrogens (tertiary/aromatic N) is 3. The van der Waals surface area contributed by atoms with Crippen molar-refractivity contribution in [3.8, 4) is 50.2 Å². The average Bonchev–Trinajstić information content (AvgIpc) is 2.56. The molecule has 0 saturated heterocycles. The molecular weight excluding hydrogens is 944 g/mol. The first-order valence-electron chi connectivity index (χ1n) is 27.1. The van der Waals surface area contributed by atoms with Crippen LogP contribution in [0.25, 0.3) is 93.9 Å². The van der Waals surface area contributed by atoms with Crippen molar-refractivity contribution < 1.29 is 4.42 Å². The van der Waals surface area contributed by atoms with Crippen LogP contribution in [0.2, 0.25) is 0 Å². The van der Waals surface area contributed by atoms with Gasteiger partial charge in [-0.1, -0.05) is 212 Å². The number of benzene rings is 12. The molecule has 4 aliphatic heterocycles. The Labute approximate surface area is 451 Å². The zero-order valence-electron chi connectivity index (χ0n) is 42.2. The van der Waals surface area contributed by atoms with Crippen LogP contribution in [0.5, 0.6) is 0 Å². The Morgan fingerprint density at radius 1 is 0.308 bits per heavy atom. The van der Waals surface area contributed by atoms with Crippen LogP contribution in [0.3, 0.4) is 0 Å². The number of anilines is 6. The molecule has 0 radical (unpaired) electrons. The number of aromatic nitrogens is 1. The highest BCUT2D eigenvalue weighted by Gasteiger charge is 2.51. The second kappa shape index (κ2) is 15.8. The minimum absolute atomic E-state index is 0.109. The third kappa shape index (κ3) is 5.70. The van der Waals surface area contributed by atoms with Crippen LogP contribution in [0, 0.1) is 0 Å². The van der Waals surface area contributed by atoms with Crippen LogP contribution >= 0.6 is 0 Å². The Kier molecular flexibility index (Phi) is 8.53. The van der Waals surface area contributed by atoms with Crippen molar-refractivity contribution in [3.05, 3.63) is 261 Å². The molecule has 2 aromatic heterocycles. The molecule has 78 heavy (non-hydrogen) atoms. The van der Waals surface area contributed by atoms with Gasteiger partial charge in [0.1, 0.15) is 11.2 Å². The van der Waals surface area contributed by atoms with E-state index in [1.807, 2.05) is 0 Å². The lowest BCUT2D eigenvalue weighted by molar-refractivity contribution is 0.673. The number of hydrogen-bond acceptors (Lipinski definition) is 3. The molecule has 6 heterocycles. The SMILES string of the molecule is c1ccc(-c2ccc(N3c4ccc(-c5ccccc5)cc4B4c5cc(-c6ccccc6)ccc5N5c6ccc(-c7ccccc7)cc6B6c7c(cc3c4c75)-n3c4ccccc4c4c5oc7ccccc7c5cc6c43)cc2)cc1.